The fourth-order valence-electron chi connectivity index (χ4n) is 14.1. The van der Waals surface area contributed by atoms with Crippen LogP contribution in [-0.4, -0.2) is 31.5 Å². The Morgan fingerprint density at radius 1 is 0.364 bits per heavy atom. The first-order valence-corrected chi connectivity index (χ1v) is 30.7. The molecular weight excluding hydrogens is 1070 g/mol. The molecule has 0 bridgehead atoms. The van der Waals surface area contributed by atoms with Crippen LogP contribution in [-0.2, 0) is 0 Å². The van der Waals surface area contributed by atoms with Crippen LogP contribution in [0.1, 0.15) is 70.8 Å². The van der Waals surface area contributed by atoms with Crippen molar-refractivity contribution in [2.75, 3.05) is 0 Å². The highest BCUT2D eigenvalue weighted by Crippen LogP contribution is 2.46. The lowest BCUT2D eigenvalue weighted by Gasteiger charge is -2.22. The van der Waals surface area contributed by atoms with Crippen molar-refractivity contribution in [3.63, 3.8) is 0 Å². The van der Waals surface area contributed by atoms with Gasteiger partial charge in [0.05, 0.1) is 45.5 Å². The number of rotatable bonds is 11. The van der Waals surface area contributed by atoms with Crippen molar-refractivity contribution in [2.45, 2.75) is 51.1 Å². The number of hydrogen-bond acceptors (Lipinski definition) is 4. The van der Waals surface area contributed by atoms with Crippen LogP contribution in [0.3, 0.4) is 0 Å². The Morgan fingerprint density at radius 2 is 0.818 bits per heavy atom. The molecule has 0 radical (unpaired) electrons. The lowest BCUT2D eigenvalue weighted by atomic mass is 9.83. The zero-order valence-electron chi connectivity index (χ0n) is 49.2. The zero-order valence-corrected chi connectivity index (χ0v) is 49.2. The summed E-state index contributed by atoms with van der Waals surface area (Å²) in [5.74, 6) is 0.161. The van der Waals surface area contributed by atoms with Crippen molar-refractivity contribution in [1.82, 2.24) is 19.1 Å². The summed E-state index contributed by atoms with van der Waals surface area (Å²) in [7, 11) is 0. The molecule has 4 aromatic heterocycles. The summed E-state index contributed by atoms with van der Waals surface area (Å²) < 4.78 is 4.96. The number of aliphatic imine (C=N–C) groups is 2. The van der Waals surface area contributed by atoms with Gasteiger partial charge in [-0.15, -0.1) is 0 Å². The Bertz CT molecular complexity index is 5100. The highest BCUT2D eigenvalue weighted by atomic mass is 15.0. The van der Waals surface area contributed by atoms with E-state index in [0.717, 1.165) is 75.3 Å². The van der Waals surface area contributed by atoms with Crippen molar-refractivity contribution in [2.24, 2.45) is 9.98 Å². The topological polar surface area (TPSA) is 60.4 Å². The maximum absolute atomic E-state index is 4.94. The van der Waals surface area contributed by atoms with Crippen molar-refractivity contribution in [1.29, 1.82) is 0 Å². The SMILES string of the molecule is Cc1ccc(-n2c3ccc(-c4ccccc4-c4ccccn4)cc3c3cc(-c4ccccc4C4CC=CC=N4)ccc32)cc1-c1cc(-n2c3ccc(-c4ccccc4C4CC=CC=N4)cc3c3cc(C4CC=CC=C4c4ccccn4)ccc32)ccc1C. The number of aryl methyl sites for hydroxylation is 2. The molecule has 3 unspecified atom stereocenters. The van der Waals surface area contributed by atoms with Crippen LogP contribution in [0.5, 0.6) is 0 Å². The average molecular weight is 1130 g/mol. The third-order valence-corrected chi connectivity index (χ3v) is 18.5. The van der Waals surface area contributed by atoms with Crippen LogP contribution in [0.2, 0.25) is 0 Å². The Labute approximate surface area is 512 Å². The fourth-order valence-corrected chi connectivity index (χ4v) is 14.1. The molecule has 0 N–H and O–H groups in total. The van der Waals surface area contributed by atoms with Crippen LogP contribution in [0.15, 0.2) is 283 Å². The van der Waals surface area contributed by atoms with Crippen molar-refractivity contribution < 1.29 is 0 Å². The first-order valence-electron chi connectivity index (χ1n) is 30.7. The molecule has 88 heavy (non-hydrogen) atoms. The van der Waals surface area contributed by atoms with Gasteiger partial charge in [-0.3, -0.25) is 20.0 Å². The summed E-state index contributed by atoms with van der Waals surface area (Å²) in [6, 6.07) is 81.1. The molecular formula is C82H62N6. The van der Waals surface area contributed by atoms with Gasteiger partial charge in [0.2, 0.25) is 0 Å². The van der Waals surface area contributed by atoms with Gasteiger partial charge in [0.1, 0.15) is 0 Å². The van der Waals surface area contributed by atoms with Crippen LogP contribution in [0.4, 0.5) is 0 Å². The molecule has 6 nitrogen and oxygen atoms in total. The summed E-state index contributed by atoms with van der Waals surface area (Å²) in [4.78, 5) is 19.5. The lowest BCUT2D eigenvalue weighted by molar-refractivity contribution is 0.742. The Morgan fingerprint density at radius 3 is 1.33 bits per heavy atom. The summed E-state index contributed by atoms with van der Waals surface area (Å²) >= 11 is 0. The number of hydrogen-bond donors (Lipinski definition) is 0. The van der Waals surface area contributed by atoms with E-state index in [9.17, 15) is 0 Å². The van der Waals surface area contributed by atoms with Gasteiger partial charge in [-0.1, -0.05) is 152 Å². The number of aromatic nitrogens is 4. The van der Waals surface area contributed by atoms with Crippen LogP contribution in [0, 0.1) is 13.8 Å². The number of allylic oxidation sites excluding steroid dienone is 6. The molecule has 6 heteroatoms. The second-order valence-electron chi connectivity index (χ2n) is 23.6. The van der Waals surface area contributed by atoms with Gasteiger partial charge in [-0.25, -0.2) is 0 Å². The normalized spacial score (nSPS) is 16.3. The van der Waals surface area contributed by atoms with Gasteiger partial charge < -0.3 is 9.13 Å². The smallest absolute Gasteiger partial charge is 0.0789 e. The summed E-state index contributed by atoms with van der Waals surface area (Å²) in [6.45, 7) is 4.51. The highest BCUT2D eigenvalue weighted by molar-refractivity contribution is 6.13. The van der Waals surface area contributed by atoms with Crippen molar-refractivity contribution >= 4 is 61.6 Å². The molecule has 0 saturated heterocycles. The van der Waals surface area contributed by atoms with E-state index in [1.165, 1.54) is 93.8 Å². The third kappa shape index (κ3) is 9.28. The van der Waals surface area contributed by atoms with E-state index in [1.54, 1.807) is 0 Å². The standard InChI is InChI=1S/C82H62N6/c1-53-31-37-59(87-79-39-33-55(61-19-3-7-23-65(61)75-27-11-15-43-83-75)47-71(79)72-48-56(34-40-80(72)87)62-20-4-8-24-66(62)76-28-12-16-44-84-76)51-69(53)70-52-60(38-32-54(70)2)88-81-41-35-57(63-21-5-9-25-67(63)77-29-13-17-45-85-77)49-73(81)74-50-58(36-42-82(74)88)64-22-6-10-26-68(64)78-30-14-18-46-86-78/h3-21,23-27,30-52,64,76-77H,22,28-29H2,1-2H3. The van der Waals surface area contributed by atoms with Gasteiger partial charge >= 0.3 is 0 Å². The quantitative estimate of drug-likeness (QED) is 0.130. The lowest BCUT2D eigenvalue weighted by Crippen LogP contribution is -2.05. The highest BCUT2D eigenvalue weighted by Gasteiger charge is 2.25. The second kappa shape index (κ2) is 22.2. The molecule has 0 fully saturated rings. The monoisotopic (exact) mass is 1130 g/mol. The van der Waals surface area contributed by atoms with Crippen LogP contribution < -0.4 is 0 Å². The van der Waals surface area contributed by atoms with Crippen LogP contribution >= 0.6 is 0 Å². The Balaban J connectivity index is 0.854. The number of fused-ring (bicyclic) bond motifs is 6. The van der Waals surface area contributed by atoms with Gasteiger partial charge in [-0.2, -0.15) is 0 Å². The molecule has 420 valence electrons. The molecule has 0 spiro atoms. The Kier molecular flexibility index (Phi) is 13.3. The minimum absolute atomic E-state index is 0.0676. The zero-order chi connectivity index (χ0) is 58.7. The molecule has 13 aromatic rings. The molecule has 3 atom stereocenters. The maximum Gasteiger partial charge on any atom is 0.0789 e. The van der Waals surface area contributed by atoms with Gasteiger partial charge in [0, 0.05) is 69.2 Å². The molecule has 2 aliphatic heterocycles. The molecule has 6 heterocycles. The molecule has 0 amide bonds. The minimum Gasteiger partial charge on any atom is -0.309 e. The Hall–Kier alpha value is -10.8. The fraction of sp³-hybridized carbons (Fsp3) is 0.0976. The first-order chi connectivity index (χ1) is 43.5. The van der Waals surface area contributed by atoms with E-state index in [0.29, 0.717) is 0 Å². The van der Waals surface area contributed by atoms with Crippen molar-refractivity contribution in [3.05, 3.63) is 307 Å². The molecule has 9 aromatic carbocycles. The van der Waals surface area contributed by atoms with E-state index in [4.69, 9.17) is 20.0 Å². The largest absolute Gasteiger partial charge is 0.309 e. The number of benzene rings is 9. The predicted molar refractivity (Wildman–Crippen MR) is 368 cm³/mol. The number of nitrogens with zero attached hydrogens (tertiary/aromatic N) is 6. The second-order valence-corrected chi connectivity index (χ2v) is 23.6. The van der Waals surface area contributed by atoms with E-state index in [2.05, 4.69) is 272 Å². The van der Waals surface area contributed by atoms with E-state index in [1.807, 2.05) is 37.0 Å². The van der Waals surface area contributed by atoms with Gasteiger partial charge in [-0.05, 0) is 220 Å². The average Bonchev–Trinajstić information content (AvgIpc) is 1.69. The summed E-state index contributed by atoms with van der Waals surface area (Å²) in [6.07, 6.45) is 25.6. The first kappa shape index (κ1) is 52.7. The third-order valence-electron chi connectivity index (χ3n) is 18.5. The molecule has 3 aliphatic rings. The molecule has 16 rings (SSSR count). The number of dihydropyridines is 2. The summed E-state index contributed by atoms with van der Waals surface area (Å²) in [5, 5.41) is 4.82. The van der Waals surface area contributed by atoms with E-state index in [-0.39, 0.29) is 18.0 Å². The predicted octanol–water partition coefficient (Wildman–Crippen LogP) is 20.9. The van der Waals surface area contributed by atoms with Crippen molar-refractivity contribution in [3.8, 4) is 67.1 Å². The molecule has 1 aliphatic carbocycles. The number of pyridine rings is 2. The van der Waals surface area contributed by atoms with E-state index < -0.39 is 0 Å². The van der Waals surface area contributed by atoms with Crippen LogP contribution in [0.25, 0.3) is 116 Å². The minimum atomic E-state index is 0.0676. The van der Waals surface area contributed by atoms with Gasteiger partial charge in [0.15, 0.2) is 0 Å². The van der Waals surface area contributed by atoms with Gasteiger partial charge in [0.25, 0.3) is 0 Å². The maximum atomic E-state index is 4.94. The summed E-state index contributed by atoms with van der Waals surface area (Å²) in [5.41, 5.74) is 26.8. The molecule has 0 saturated carbocycles. The van der Waals surface area contributed by atoms with E-state index >= 15 is 0 Å².